The molecule has 2 atom stereocenters. The van der Waals surface area contributed by atoms with Crippen molar-refractivity contribution in [2.24, 2.45) is 5.92 Å². The Labute approximate surface area is 205 Å². The molecule has 35 heavy (non-hydrogen) atoms. The van der Waals surface area contributed by atoms with Crippen LogP contribution in [-0.2, 0) is 14.3 Å². The molecule has 3 aliphatic carbocycles. The Morgan fingerprint density at radius 3 is 2.14 bits per heavy atom. The molecule has 0 heterocycles. The smallest absolute Gasteiger partial charge is 0.407 e. The van der Waals surface area contributed by atoms with E-state index in [1.807, 2.05) is 24.3 Å². The maximum atomic E-state index is 13.1. The van der Waals surface area contributed by atoms with Gasteiger partial charge in [0.05, 0.1) is 17.9 Å². The molecular weight excluding hydrogens is 444 g/mol. The van der Waals surface area contributed by atoms with Gasteiger partial charge in [-0.05, 0) is 54.4 Å². The standard InChI is InChI=1S/C28H32N2O5/c31-25(32)16-28(14-7-15-28)30-26(33)22-12-5-6-13-24(22)29-27(34)35-17-23-20-10-3-1-8-18(20)19-9-2-4-11-21(19)23/h1-4,8-11,22-24H,5-7,12-17H2,(H,29,34)(H,30,33)(H,31,32)/t22-,24+/m0/s1. The number of amides is 2. The number of carbonyl (C=O) groups is 3. The highest BCUT2D eigenvalue weighted by Gasteiger charge is 2.43. The average molecular weight is 477 g/mol. The van der Waals surface area contributed by atoms with E-state index < -0.39 is 17.6 Å². The van der Waals surface area contributed by atoms with Crippen LogP contribution in [0.4, 0.5) is 4.79 Å². The first-order valence-electron chi connectivity index (χ1n) is 12.6. The third-order valence-corrected chi connectivity index (χ3v) is 7.94. The highest BCUT2D eigenvalue weighted by atomic mass is 16.5. The number of rotatable bonds is 7. The zero-order valence-electron chi connectivity index (χ0n) is 19.8. The van der Waals surface area contributed by atoms with Crippen molar-refractivity contribution >= 4 is 18.0 Å². The van der Waals surface area contributed by atoms with Crippen molar-refractivity contribution in [1.29, 1.82) is 0 Å². The minimum atomic E-state index is -0.901. The van der Waals surface area contributed by atoms with Gasteiger partial charge in [0.15, 0.2) is 0 Å². The molecule has 0 bridgehead atoms. The van der Waals surface area contributed by atoms with Gasteiger partial charge in [0.2, 0.25) is 5.91 Å². The molecule has 3 aliphatic rings. The first-order chi connectivity index (χ1) is 17.0. The Bertz CT molecular complexity index is 1080. The molecule has 2 fully saturated rings. The van der Waals surface area contributed by atoms with E-state index in [1.54, 1.807) is 0 Å². The predicted octanol–water partition coefficient (Wildman–Crippen LogP) is 4.60. The zero-order valence-corrected chi connectivity index (χ0v) is 19.8. The van der Waals surface area contributed by atoms with E-state index in [2.05, 4.69) is 34.9 Å². The number of hydrogen-bond acceptors (Lipinski definition) is 4. The van der Waals surface area contributed by atoms with Crippen molar-refractivity contribution in [2.45, 2.75) is 68.9 Å². The summed E-state index contributed by atoms with van der Waals surface area (Å²) in [6, 6.07) is 16.1. The first-order valence-corrected chi connectivity index (χ1v) is 12.6. The van der Waals surface area contributed by atoms with Gasteiger partial charge >= 0.3 is 12.1 Å². The van der Waals surface area contributed by atoms with Gasteiger partial charge < -0.3 is 20.5 Å². The van der Waals surface area contributed by atoms with Crippen molar-refractivity contribution in [2.75, 3.05) is 6.61 Å². The molecule has 3 N–H and O–H groups in total. The fourth-order valence-electron chi connectivity index (χ4n) is 6.00. The van der Waals surface area contributed by atoms with Crippen molar-refractivity contribution in [1.82, 2.24) is 10.6 Å². The van der Waals surface area contributed by atoms with Gasteiger partial charge in [-0.25, -0.2) is 4.79 Å². The topological polar surface area (TPSA) is 105 Å². The molecule has 2 amide bonds. The van der Waals surface area contributed by atoms with E-state index in [1.165, 1.54) is 11.1 Å². The maximum absolute atomic E-state index is 13.1. The molecule has 0 unspecified atom stereocenters. The number of alkyl carbamates (subject to hydrolysis) is 1. The monoisotopic (exact) mass is 476 g/mol. The molecule has 7 heteroatoms. The van der Waals surface area contributed by atoms with Gasteiger partial charge in [0, 0.05) is 12.0 Å². The Morgan fingerprint density at radius 1 is 0.914 bits per heavy atom. The SMILES string of the molecule is O=C(O)CC1(NC(=O)[C@H]2CCCC[C@H]2NC(=O)OCC2c3ccccc3-c3ccccc32)CCC1. The lowest BCUT2D eigenvalue weighted by Gasteiger charge is -2.43. The number of ether oxygens (including phenoxy) is 1. The van der Waals surface area contributed by atoms with Gasteiger partial charge in [-0.3, -0.25) is 9.59 Å². The largest absolute Gasteiger partial charge is 0.481 e. The zero-order chi connectivity index (χ0) is 24.4. The predicted molar refractivity (Wildman–Crippen MR) is 131 cm³/mol. The van der Waals surface area contributed by atoms with Crippen molar-refractivity contribution in [3.05, 3.63) is 59.7 Å². The van der Waals surface area contributed by atoms with E-state index >= 15 is 0 Å². The second kappa shape index (κ2) is 9.72. The third-order valence-electron chi connectivity index (χ3n) is 7.94. The van der Waals surface area contributed by atoms with E-state index in [0.717, 1.165) is 30.4 Å². The molecule has 184 valence electrons. The number of aliphatic carboxylic acids is 1. The first kappa shape index (κ1) is 23.4. The Kier molecular flexibility index (Phi) is 6.50. The molecule has 5 rings (SSSR count). The number of carboxylic acid groups (broad SMARTS) is 1. The van der Waals surface area contributed by atoms with Gasteiger partial charge in [-0.15, -0.1) is 0 Å². The number of nitrogens with one attached hydrogen (secondary N) is 2. The van der Waals surface area contributed by atoms with Crippen LogP contribution < -0.4 is 10.6 Å². The van der Waals surface area contributed by atoms with Crippen molar-refractivity contribution in [3.8, 4) is 11.1 Å². The number of carboxylic acids is 1. The molecule has 0 radical (unpaired) electrons. The van der Waals surface area contributed by atoms with Crippen molar-refractivity contribution < 1.29 is 24.2 Å². The van der Waals surface area contributed by atoms with Gasteiger partial charge in [-0.2, -0.15) is 0 Å². The molecule has 0 aromatic heterocycles. The second-order valence-electron chi connectivity index (χ2n) is 10.2. The van der Waals surface area contributed by atoms with Crippen LogP contribution >= 0.6 is 0 Å². The molecule has 2 aromatic rings. The van der Waals surface area contributed by atoms with Crippen LogP contribution in [0.1, 0.15) is 68.4 Å². The van der Waals surface area contributed by atoms with Crippen LogP contribution in [0.5, 0.6) is 0 Å². The summed E-state index contributed by atoms with van der Waals surface area (Å²) in [4.78, 5) is 37.2. The van der Waals surface area contributed by atoms with Crippen LogP contribution in [0.15, 0.2) is 48.5 Å². The minimum absolute atomic E-state index is 0.0203. The molecular formula is C28H32N2O5. The van der Waals surface area contributed by atoms with Crippen LogP contribution in [0.25, 0.3) is 11.1 Å². The molecule has 7 nitrogen and oxygen atoms in total. The van der Waals surface area contributed by atoms with Crippen LogP contribution in [-0.4, -0.2) is 41.3 Å². The fraction of sp³-hybridized carbons (Fsp3) is 0.464. The minimum Gasteiger partial charge on any atom is -0.481 e. The maximum Gasteiger partial charge on any atom is 0.407 e. The van der Waals surface area contributed by atoms with E-state index in [9.17, 15) is 19.5 Å². The summed E-state index contributed by atoms with van der Waals surface area (Å²) >= 11 is 0. The van der Waals surface area contributed by atoms with Crippen LogP contribution in [0.3, 0.4) is 0 Å². The lowest BCUT2D eigenvalue weighted by Crippen LogP contribution is -2.58. The van der Waals surface area contributed by atoms with Crippen molar-refractivity contribution in [3.63, 3.8) is 0 Å². The summed E-state index contributed by atoms with van der Waals surface area (Å²) in [6.07, 6.45) is 4.92. The van der Waals surface area contributed by atoms with Crippen LogP contribution in [0, 0.1) is 5.92 Å². The Balaban J connectivity index is 1.21. The number of fused-ring (bicyclic) bond motifs is 3. The summed E-state index contributed by atoms with van der Waals surface area (Å²) in [6.45, 7) is 0.227. The number of benzene rings is 2. The van der Waals surface area contributed by atoms with Gasteiger partial charge in [0.25, 0.3) is 0 Å². The van der Waals surface area contributed by atoms with Crippen LogP contribution in [0.2, 0.25) is 0 Å². The number of hydrogen-bond donors (Lipinski definition) is 3. The molecule has 2 aromatic carbocycles. The lowest BCUT2D eigenvalue weighted by molar-refractivity contribution is -0.141. The van der Waals surface area contributed by atoms with E-state index in [-0.39, 0.29) is 36.8 Å². The van der Waals surface area contributed by atoms with Gasteiger partial charge in [0.1, 0.15) is 6.61 Å². The second-order valence-corrected chi connectivity index (χ2v) is 10.2. The summed E-state index contributed by atoms with van der Waals surface area (Å²) in [5, 5.41) is 15.2. The van der Waals surface area contributed by atoms with E-state index in [0.29, 0.717) is 25.7 Å². The van der Waals surface area contributed by atoms with Gasteiger partial charge in [-0.1, -0.05) is 61.4 Å². The highest BCUT2D eigenvalue weighted by molar-refractivity contribution is 5.82. The summed E-state index contributed by atoms with van der Waals surface area (Å²) in [5.41, 5.74) is 4.01. The fourth-order valence-corrected chi connectivity index (χ4v) is 6.00. The van der Waals surface area contributed by atoms with E-state index in [4.69, 9.17) is 4.74 Å². The molecule has 0 saturated heterocycles. The quantitative estimate of drug-likeness (QED) is 0.542. The highest BCUT2D eigenvalue weighted by Crippen LogP contribution is 2.44. The lowest BCUT2D eigenvalue weighted by atomic mass is 9.73. The number of carbonyl (C=O) groups excluding carboxylic acids is 2. The Hall–Kier alpha value is -3.35. The average Bonchev–Trinajstić information content (AvgIpc) is 3.15. The Morgan fingerprint density at radius 2 is 1.54 bits per heavy atom. The summed E-state index contributed by atoms with van der Waals surface area (Å²) in [7, 11) is 0. The summed E-state index contributed by atoms with van der Waals surface area (Å²) < 4.78 is 5.70. The molecule has 2 saturated carbocycles. The summed E-state index contributed by atoms with van der Waals surface area (Å²) in [5.74, 6) is -1.46. The third kappa shape index (κ3) is 4.77. The molecule has 0 aliphatic heterocycles. The normalized spacial score (nSPS) is 22.3. The molecule has 0 spiro atoms.